The van der Waals surface area contributed by atoms with E-state index in [9.17, 15) is 0 Å². The molecule has 3 nitrogen and oxygen atoms in total. The van der Waals surface area contributed by atoms with Crippen molar-refractivity contribution in [3.05, 3.63) is 179 Å². The summed E-state index contributed by atoms with van der Waals surface area (Å²) in [6.07, 6.45) is 13.5. The first-order chi connectivity index (χ1) is 22.0. The summed E-state index contributed by atoms with van der Waals surface area (Å²) in [5, 5.41) is 3.78. The van der Waals surface area contributed by atoms with Gasteiger partial charge in [-0.05, 0) is 82.4 Å². The van der Waals surface area contributed by atoms with Gasteiger partial charge >= 0.3 is 0 Å². The minimum atomic E-state index is -0.475. The van der Waals surface area contributed by atoms with E-state index < -0.39 is 5.41 Å². The molecule has 3 N–H and O–H groups in total. The second kappa shape index (κ2) is 11.9. The number of hydrogen-bond acceptors (Lipinski definition) is 3. The fourth-order valence-corrected chi connectivity index (χ4v) is 7.33. The molecular formula is C42H40N2O. The van der Waals surface area contributed by atoms with Crippen LogP contribution in [0.4, 0.5) is 5.69 Å². The number of rotatable bonds is 4. The van der Waals surface area contributed by atoms with Gasteiger partial charge in [0.1, 0.15) is 12.4 Å². The van der Waals surface area contributed by atoms with Crippen LogP contribution in [-0.4, -0.2) is 12.6 Å². The Labute approximate surface area is 267 Å². The lowest BCUT2D eigenvalue weighted by Gasteiger charge is -2.41. The smallest absolute Gasteiger partial charge is 0.124 e. The van der Waals surface area contributed by atoms with Gasteiger partial charge in [-0.2, -0.15) is 0 Å². The third-order valence-electron chi connectivity index (χ3n) is 9.84. The first-order valence-electron chi connectivity index (χ1n) is 15.9. The van der Waals surface area contributed by atoms with E-state index in [1.54, 1.807) is 0 Å². The van der Waals surface area contributed by atoms with Crippen molar-refractivity contribution >= 4 is 17.3 Å². The summed E-state index contributed by atoms with van der Waals surface area (Å²) >= 11 is 0. The topological polar surface area (TPSA) is 47.3 Å². The van der Waals surface area contributed by atoms with E-state index in [0.29, 0.717) is 13.0 Å². The van der Waals surface area contributed by atoms with Crippen molar-refractivity contribution in [1.29, 1.82) is 0 Å². The van der Waals surface area contributed by atoms with Crippen molar-refractivity contribution in [1.82, 2.24) is 0 Å². The third kappa shape index (κ3) is 5.18. The van der Waals surface area contributed by atoms with Gasteiger partial charge in [0.25, 0.3) is 0 Å². The number of benzene rings is 4. The summed E-state index contributed by atoms with van der Waals surface area (Å²) in [6, 6.07) is 32.0. The molecule has 4 aromatic rings. The van der Waals surface area contributed by atoms with Crippen molar-refractivity contribution in [2.45, 2.75) is 43.7 Å². The Kier molecular flexibility index (Phi) is 7.64. The van der Waals surface area contributed by atoms with E-state index in [-0.39, 0.29) is 12.1 Å². The Hall–Kier alpha value is -4.86. The number of para-hydroxylation sites is 1. The Bertz CT molecular complexity index is 1880. The van der Waals surface area contributed by atoms with Crippen LogP contribution in [0.3, 0.4) is 0 Å². The number of hydrogen-bond donors (Lipinski definition) is 2. The van der Waals surface area contributed by atoms with Crippen molar-refractivity contribution in [3.63, 3.8) is 0 Å². The number of nitrogens with two attached hydrogens (primary N) is 1. The van der Waals surface area contributed by atoms with Gasteiger partial charge in [0.05, 0.1) is 6.04 Å². The molecule has 3 aliphatic rings. The van der Waals surface area contributed by atoms with Crippen LogP contribution in [0.15, 0.2) is 140 Å². The van der Waals surface area contributed by atoms with Crippen molar-refractivity contribution < 1.29 is 4.74 Å². The monoisotopic (exact) mass is 588 g/mol. The zero-order valence-corrected chi connectivity index (χ0v) is 25.9. The Morgan fingerprint density at radius 2 is 1.67 bits per heavy atom. The molecule has 0 fully saturated rings. The summed E-state index contributed by atoms with van der Waals surface area (Å²) in [7, 11) is 0. The van der Waals surface area contributed by atoms with E-state index >= 15 is 0 Å². The first-order valence-corrected chi connectivity index (χ1v) is 15.9. The standard InChI is InChI=1S/C42H40N2O/c1-28-13-11-12-24-42(36-17-8-7-16-35(28)36)29(2)25-34(27-45-40-19-10-9-18-37(40)42)38(43)26-33-21-20-32-22-23-39(44-41(32)30(33)3)31-14-5-4-6-15-31/h4-11,13-23,25,38-39,44H,1-2,12,24,26-27,43H2,3H3/b13-11-,34-25+. The molecule has 3 atom stereocenters. The van der Waals surface area contributed by atoms with Gasteiger partial charge in [0.15, 0.2) is 0 Å². The first kappa shape index (κ1) is 28.9. The van der Waals surface area contributed by atoms with Crippen LogP contribution in [0.1, 0.15) is 57.8 Å². The second-order valence-corrected chi connectivity index (χ2v) is 12.5. The summed E-state index contributed by atoms with van der Waals surface area (Å²) in [4.78, 5) is 0. The Morgan fingerprint density at radius 1 is 0.911 bits per heavy atom. The number of allylic oxidation sites excluding steroid dienone is 5. The third-order valence-corrected chi connectivity index (χ3v) is 9.84. The average Bonchev–Trinajstić information content (AvgIpc) is 3.07. The van der Waals surface area contributed by atoms with Crippen LogP contribution in [0.2, 0.25) is 0 Å². The average molecular weight is 589 g/mol. The van der Waals surface area contributed by atoms with E-state index in [2.05, 4.69) is 140 Å². The number of nitrogens with one attached hydrogen (secondary N) is 1. The molecule has 3 heteroatoms. The lowest BCUT2D eigenvalue weighted by molar-refractivity contribution is 0.328. The van der Waals surface area contributed by atoms with Crippen LogP contribution in [0.5, 0.6) is 5.75 Å². The maximum atomic E-state index is 7.09. The molecule has 0 bridgehead atoms. The molecule has 1 spiro atoms. The quantitative estimate of drug-likeness (QED) is 0.250. The highest BCUT2D eigenvalue weighted by Gasteiger charge is 2.41. The molecule has 45 heavy (non-hydrogen) atoms. The minimum Gasteiger partial charge on any atom is -0.489 e. The molecule has 4 aromatic carbocycles. The molecule has 0 aromatic heterocycles. The fraction of sp³-hybridized carbons (Fsp3) is 0.190. The Morgan fingerprint density at radius 3 is 2.51 bits per heavy atom. The van der Waals surface area contributed by atoms with Crippen LogP contribution in [0.25, 0.3) is 11.6 Å². The molecule has 2 aliphatic heterocycles. The second-order valence-electron chi connectivity index (χ2n) is 12.5. The van der Waals surface area contributed by atoms with Gasteiger partial charge in [0, 0.05) is 22.7 Å². The van der Waals surface area contributed by atoms with E-state index in [4.69, 9.17) is 17.0 Å². The van der Waals surface area contributed by atoms with Crippen LogP contribution < -0.4 is 15.8 Å². The van der Waals surface area contributed by atoms with Gasteiger partial charge < -0.3 is 15.8 Å². The predicted molar refractivity (Wildman–Crippen MR) is 188 cm³/mol. The number of ether oxygens (including phenoxy) is 1. The number of anilines is 1. The zero-order valence-electron chi connectivity index (χ0n) is 25.9. The Balaban J connectivity index is 1.25. The largest absolute Gasteiger partial charge is 0.489 e. The van der Waals surface area contributed by atoms with Crippen molar-refractivity contribution in [2.75, 3.05) is 11.9 Å². The van der Waals surface area contributed by atoms with Gasteiger partial charge in [-0.1, -0.05) is 128 Å². The highest BCUT2D eigenvalue weighted by atomic mass is 16.5. The van der Waals surface area contributed by atoms with Crippen LogP contribution in [-0.2, 0) is 11.8 Å². The maximum absolute atomic E-state index is 7.09. The van der Waals surface area contributed by atoms with Crippen LogP contribution in [0, 0.1) is 6.92 Å². The van der Waals surface area contributed by atoms with Gasteiger partial charge in [-0.3, -0.25) is 0 Å². The highest BCUT2D eigenvalue weighted by Crippen LogP contribution is 2.51. The summed E-state index contributed by atoms with van der Waals surface area (Å²) in [6.45, 7) is 11.8. The van der Waals surface area contributed by atoms with Crippen molar-refractivity contribution in [3.8, 4) is 5.75 Å². The lowest BCUT2D eigenvalue weighted by Crippen LogP contribution is -2.35. The molecule has 3 unspecified atom stereocenters. The summed E-state index contributed by atoms with van der Waals surface area (Å²) in [5.41, 5.74) is 19.3. The van der Waals surface area contributed by atoms with Crippen molar-refractivity contribution in [2.24, 2.45) is 5.73 Å². The van der Waals surface area contributed by atoms with E-state index in [1.807, 2.05) is 0 Å². The molecule has 0 amide bonds. The molecule has 0 radical (unpaired) electrons. The van der Waals surface area contributed by atoms with E-state index in [0.717, 1.165) is 46.4 Å². The molecular weight excluding hydrogens is 548 g/mol. The maximum Gasteiger partial charge on any atom is 0.124 e. The highest BCUT2D eigenvalue weighted by molar-refractivity contribution is 5.78. The van der Waals surface area contributed by atoms with Gasteiger partial charge in [-0.25, -0.2) is 0 Å². The van der Waals surface area contributed by atoms with Crippen LogP contribution >= 0.6 is 0 Å². The van der Waals surface area contributed by atoms with E-state index in [1.165, 1.54) is 33.5 Å². The SMILES string of the molecule is C=C1/C=C\CCC2(C(=C)/C=C(/C(N)Cc3ccc4c(c3C)NC(c3ccccc3)C=C4)COc3ccccc32)c2ccccc21. The normalized spacial score (nSPS) is 23.0. The zero-order chi connectivity index (χ0) is 31.0. The molecule has 2 heterocycles. The minimum absolute atomic E-state index is 0.139. The van der Waals surface area contributed by atoms with Gasteiger partial charge in [-0.15, -0.1) is 0 Å². The predicted octanol–water partition coefficient (Wildman–Crippen LogP) is 9.27. The van der Waals surface area contributed by atoms with Gasteiger partial charge in [0.2, 0.25) is 0 Å². The molecule has 7 rings (SSSR count). The molecule has 0 saturated carbocycles. The molecule has 1 aliphatic carbocycles. The lowest BCUT2D eigenvalue weighted by atomic mass is 9.63. The molecule has 0 saturated heterocycles. The molecule has 224 valence electrons. The summed E-state index contributed by atoms with van der Waals surface area (Å²) in [5.74, 6) is 0.884. The fourth-order valence-electron chi connectivity index (χ4n) is 7.33. The number of fused-ring (bicyclic) bond motifs is 5. The summed E-state index contributed by atoms with van der Waals surface area (Å²) < 4.78 is 6.62.